The maximum atomic E-state index is 5.65. The lowest BCUT2D eigenvalue weighted by atomic mass is 10.2. The highest BCUT2D eigenvalue weighted by molar-refractivity contribution is 5.59. The monoisotopic (exact) mass is 189 g/mol. The van der Waals surface area contributed by atoms with Crippen molar-refractivity contribution in [1.29, 1.82) is 0 Å². The molecular formula is C10H11N3O. The zero-order chi connectivity index (χ0) is 9.97. The average Bonchev–Trinajstić information content (AvgIpc) is 2.66. The van der Waals surface area contributed by atoms with Crippen molar-refractivity contribution in [2.75, 3.05) is 5.73 Å². The first-order valence-corrected chi connectivity index (χ1v) is 4.48. The van der Waals surface area contributed by atoms with Crippen LogP contribution >= 0.6 is 0 Å². The topological polar surface area (TPSA) is 64.9 Å². The SMILES string of the molecule is CCc1nnc(-c2cccc(N)c2)o1. The molecule has 0 fully saturated rings. The molecule has 1 aromatic carbocycles. The van der Waals surface area contributed by atoms with Crippen LogP contribution in [0.2, 0.25) is 0 Å². The molecule has 0 radical (unpaired) electrons. The molecule has 4 nitrogen and oxygen atoms in total. The molecule has 0 saturated heterocycles. The maximum absolute atomic E-state index is 5.65. The van der Waals surface area contributed by atoms with Crippen LogP contribution < -0.4 is 5.73 Å². The van der Waals surface area contributed by atoms with E-state index in [-0.39, 0.29) is 0 Å². The fourth-order valence-corrected chi connectivity index (χ4v) is 1.18. The van der Waals surface area contributed by atoms with E-state index in [1.807, 2.05) is 31.2 Å². The lowest BCUT2D eigenvalue weighted by Gasteiger charge is -1.95. The Bertz CT molecular complexity index is 436. The standard InChI is InChI=1S/C10H11N3O/c1-2-9-12-13-10(14-9)7-4-3-5-8(11)6-7/h3-6H,2,11H2,1H3. The van der Waals surface area contributed by atoms with E-state index in [9.17, 15) is 0 Å². The number of nitrogens with zero attached hydrogens (tertiary/aromatic N) is 2. The number of nitrogens with two attached hydrogens (primary N) is 1. The summed E-state index contributed by atoms with van der Waals surface area (Å²) < 4.78 is 5.40. The van der Waals surface area contributed by atoms with Crippen LogP contribution in [0, 0.1) is 0 Å². The minimum Gasteiger partial charge on any atom is -0.421 e. The van der Waals surface area contributed by atoms with E-state index in [4.69, 9.17) is 10.2 Å². The van der Waals surface area contributed by atoms with Crippen LogP contribution in [-0.2, 0) is 6.42 Å². The summed E-state index contributed by atoms with van der Waals surface area (Å²) in [5.41, 5.74) is 7.20. The molecular weight excluding hydrogens is 178 g/mol. The Balaban J connectivity index is 2.39. The summed E-state index contributed by atoms with van der Waals surface area (Å²) in [5.74, 6) is 1.16. The molecule has 14 heavy (non-hydrogen) atoms. The first-order chi connectivity index (χ1) is 6.79. The number of nitrogen functional groups attached to an aromatic ring is 1. The van der Waals surface area contributed by atoms with Crippen molar-refractivity contribution >= 4 is 5.69 Å². The van der Waals surface area contributed by atoms with E-state index in [0.717, 1.165) is 12.0 Å². The van der Waals surface area contributed by atoms with Crippen LogP contribution in [0.4, 0.5) is 5.69 Å². The fourth-order valence-electron chi connectivity index (χ4n) is 1.18. The molecule has 0 aliphatic rings. The molecule has 0 aliphatic carbocycles. The summed E-state index contributed by atoms with van der Waals surface area (Å²) in [5, 5.41) is 7.81. The quantitative estimate of drug-likeness (QED) is 0.732. The number of benzene rings is 1. The fraction of sp³-hybridized carbons (Fsp3) is 0.200. The van der Waals surface area contributed by atoms with Gasteiger partial charge in [0.15, 0.2) is 0 Å². The number of aryl methyl sites for hydroxylation is 1. The van der Waals surface area contributed by atoms with Crippen molar-refractivity contribution in [3.05, 3.63) is 30.2 Å². The molecule has 1 aromatic heterocycles. The predicted molar refractivity (Wildman–Crippen MR) is 53.5 cm³/mol. The third-order valence-corrected chi connectivity index (χ3v) is 1.90. The van der Waals surface area contributed by atoms with Gasteiger partial charge in [-0.3, -0.25) is 0 Å². The van der Waals surface area contributed by atoms with Gasteiger partial charge in [-0.15, -0.1) is 10.2 Å². The van der Waals surface area contributed by atoms with Gasteiger partial charge < -0.3 is 10.2 Å². The Labute approximate surface area is 81.8 Å². The summed E-state index contributed by atoms with van der Waals surface area (Å²) in [6.07, 6.45) is 0.745. The molecule has 0 amide bonds. The van der Waals surface area contributed by atoms with E-state index in [2.05, 4.69) is 10.2 Å². The largest absolute Gasteiger partial charge is 0.421 e. The number of aromatic nitrogens is 2. The molecule has 0 atom stereocenters. The van der Waals surface area contributed by atoms with Crippen molar-refractivity contribution in [2.24, 2.45) is 0 Å². The molecule has 0 bridgehead atoms. The first kappa shape index (κ1) is 8.74. The Hall–Kier alpha value is -1.84. The Morgan fingerprint density at radius 1 is 1.36 bits per heavy atom. The second kappa shape index (κ2) is 3.49. The van der Waals surface area contributed by atoms with E-state index in [0.29, 0.717) is 17.5 Å². The van der Waals surface area contributed by atoms with Gasteiger partial charge in [-0.05, 0) is 18.2 Å². The summed E-state index contributed by atoms with van der Waals surface area (Å²) in [4.78, 5) is 0. The molecule has 0 aliphatic heterocycles. The van der Waals surface area contributed by atoms with Crippen molar-refractivity contribution < 1.29 is 4.42 Å². The maximum Gasteiger partial charge on any atom is 0.247 e. The van der Waals surface area contributed by atoms with Gasteiger partial charge in [0.2, 0.25) is 11.8 Å². The van der Waals surface area contributed by atoms with Crippen molar-refractivity contribution in [1.82, 2.24) is 10.2 Å². The van der Waals surface area contributed by atoms with Crippen LogP contribution in [0.1, 0.15) is 12.8 Å². The molecule has 0 saturated carbocycles. The third-order valence-electron chi connectivity index (χ3n) is 1.90. The molecule has 72 valence electrons. The van der Waals surface area contributed by atoms with Gasteiger partial charge in [0.25, 0.3) is 0 Å². The van der Waals surface area contributed by atoms with E-state index >= 15 is 0 Å². The average molecular weight is 189 g/mol. The van der Waals surface area contributed by atoms with Crippen molar-refractivity contribution in [3.63, 3.8) is 0 Å². The number of hydrogen-bond acceptors (Lipinski definition) is 4. The zero-order valence-electron chi connectivity index (χ0n) is 7.90. The van der Waals surface area contributed by atoms with Gasteiger partial charge in [0.1, 0.15) is 0 Å². The van der Waals surface area contributed by atoms with Crippen LogP contribution in [-0.4, -0.2) is 10.2 Å². The van der Waals surface area contributed by atoms with Gasteiger partial charge >= 0.3 is 0 Å². The lowest BCUT2D eigenvalue weighted by Crippen LogP contribution is -1.84. The Morgan fingerprint density at radius 3 is 2.86 bits per heavy atom. The second-order valence-electron chi connectivity index (χ2n) is 2.98. The summed E-state index contributed by atoms with van der Waals surface area (Å²) in [7, 11) is 0. The first-order valence-electron chi connectivity index (χ1n) is 4.48. The normalized spacial score (nSPS) is 10.4. The highest BCUT2D eigenvalue weighted by Crippen LogP contribution is 2.19. The minimum absolute atomic E-state index is 0.522. The predicted octanol–water partition coefficient (Wildman–Crippen LogP) is 1.88. The third kappa shape index (κ3) is 1.59. The van der Waals surface area contributed by atoms with Gasteiger partial charge in [-0.2, -0.15) is 0 Å². The number of rotatable bonds is 2. The van der Waals surface area contributed by atoms with Crippen LogP contribution in [0.3, 0.4) is 0 Å². The molecule has 0 unspecified atom stereocenters. The van der Waals surface area contributed by atoms with E-state index < -0.39 is 0 Å². The Morgan fingerprint density at radius 2 is 2.21 bits per heavy atom. The molecule has 1 heterocycles. The smallest absolute Gasteiger partial charge is 0.247 e. The summed E-state index contributed by atoms with van der Waals surface area (Å²) >= 11 is 0. The highest BCUT2D eigenvalue weighted by atomic mass is 16.4. The van der Waals surface area contributed by atoms with Gasteiger partial charge in [0, 0.05) is 17.7 Å². The Kier molecular flexibility index (Phi) is 2.18. The van der Waals surface area contributed by atoms with Gasteiger partial charge in [-0.25, -0.2) is 0 Å². The summed E-state index contributed by atoms with van der Waals surface area (Å²) in [6.45, 7) is 1.97. The molecule has 2 rings (SSSR count). The van der Waals surface area contributed by atoms with Crippen molar-refractivity contribution in [2.45, 2.75) is 13.3 Å². The van der Waals surface area contributed by atoms with Crippen LogP contribution in [0.25, 0.3) is 11.5 Å². The molecule has 0 spiro atoms. The van der Waals surface area contributed by atoms with Crippen LogP contribution in [0.5, 0.6) is 0 Å². The molecule has 2 N–H and O–H groups in total. The van der Waals surface area contributed by atoms with E-state index in [1.54, 1.807) is 0 Å². The second-order valence-corrected chi connectivity index (χ2v) is 2.98. The number of hydrogen-bond donors (Lipinski definition) is 1. The summed E-state index contributed by atoms with van der Waals surface area (Å²) in [6, 6.07) is 7.39. The molecule has 4 heteroatoms. The minimum atomic E-state index is 0.522. The van der Waals surface area contributed by atoms with Gasteiger partial charge in [-0.1, -0.05) is 13.0 Å². The highest BCUT2D eigenvalue weighted by Gasteiger charge is 2.06. The van der Waals surface area contributed by atoms with Crippen molar-refractivity contribution in [3.8, 4) is 11.5 Å². The van der Waals surface area contributed by atoms with Gasteiger partial charge in [0.05, 0.1) is 0 Å². The molecule has 2 aromatic rings. The van der Waals surface area contributed by atoms with E-state index in [1.165, 1.54) is 0 Å². The van der Waals surface area contributed by atoms with Crippen LogP contribution in [0.15, 0.2) is 28.7 Å². The number of anilines is 1. The zero-order valence-corrected chi connectivity index (χ0v) is 7.90. The lowest BCUT2D eigenvalue weighted by molar-refractivity contribution is 0.513.